The first-order chi connectivity index (χ1) is 23.8. The van der Waals surface area contributed by atoms with Gasteiger partial charge in [-0.15, -0.1) is 0 Å². The fraction of sp³-hybridized carbons (Fsp3) is 0. The van der Waals surface area contributed by atoms with Gasteiger partial charge >= 0.3 is 0 Å². The highest BCUT2D eigenvalue weighted by atomic mass is 14.8. The van der Waals surface area contributed by atoms with Crippen molar-refractivity contribution in [2.45, 2.75) is 0 Å². The van der Waals surface area contributed by atoms with E-state index in [1.54, 1.807) is 0 Å². The van der Waals surface area contributed by atoms with Crippen LogP contribution in [-0.4, -0.2) is 24.9 Å². The van der Waals surface area contributed by atoms with Crippen LogP contribution in [-0.2, 0) is 0 Å². The average Bonchev–Trinajstić information content (AvgIpc) is 3.16. The van der Waals surface area contributed by atoms with Crippen LogP contribution in [0.1, 0.15) is 0 Å². The molecule has 10 rings (SSSR count). The van der Waals surface area contributed by atoms with Gasteiger partial charge in [0.1, 0.15) is 0 Å². The second-order valence-corrected chi connectivity index (χ2v) is 12.1. The standard InChI is InChI=1S/C43H25N5/c1-2-8-26(9-3-1)35-21-19-28-15-16-29-20-22-36(46-41(29)40(28)45-35)30-10-6-11-31(24-30)38-33-13-4-5-14-34(33)43-37(47-38)25-32-18-17-27-12-7-23-44-39(27)42(32)48-43/h1-25H. The fourth-order valence-electron chi connectivity index (χ4n) is 6.87. The molecule has 0 aliphatic heterocycles. The molecular formula is C43H25N5. The Balaban J connectivity index is 1.14. The van der Waals surface area contributed by atoms with Crippen LogP contribution in [0.5, 0.6) is 0 Å². The monoisotopic (exact) mass is 611 g/mol. The second kappa shape index (κ2) is 10.5. The lowest BCUT2D eigenvalue weighted by Crippen LogP contribution is -1.94. The Bertz CT molecular complexity index is 2900. The predicted molar refractivity (Wildman–Crippen MR) is 197 cm³/mol. The molecule has 0 unspecified atom stereocenters. The Hall–Kier alpha value is -6.59. The summed E-state index contributed by atoms with van der Waals surface area (Å²) in [6, 6.07) is 50.3. The van der Waals surface area contributed by atoms with Crippen molar-refractivity contribution in [1.82, 2.24) is 24.9 Å². The van der Waals surface area contributed by atoms with Crippen LogP contribution in [0.4, 0.5) is 0 Å². The zero-order valence-electron chi connectivity index (χ0n) is 25.7. The summed E-state index contributed by atoms with van der Waals surface area (Å²) in [7, 11) is 0. The molecular weight excluding hydrogens is 587 g/mol. The minimum Gasteiger partial charge on any atom is -0.254 e. The van der Waals surface area contributed by atoms with E-state index in [1.807, 2.05) is 30.5 Å². The number of pyridine rings is 5. The smallest absolute Gasteiger partial charge is 0.0974 e. The fourth-order valence-corrected chi connectivity index (χ4v) is 6.87. The van der Waals surface area contributed by atoms with Gasteiger partial charge in [-0.3, -0.25) is 4.98 Å². The van der Waals surface area contributed by atoms with Gasteiger partial charge in [0.2, 0.25) is 0 Å². The number of fused-ring (bicyclic) bond motifs is 9. The summed E-state index contributed by atoms with van der Waals surface area (Å²) in [6.45, 7) is 0. The molecule has 0 radical (unpaired) electrons. The highest BCUT2D eigenvalue weighted by Gasteiger charge is 2.15. The highest BCUT2D eigenvalue weighted by Crippen LogP contribution is 2.36. The van der Waals surface area contributed by atoms with Gasteiger partial charge < -0.3 is 0 Å². The van der Waals surface area contributed by atoms with Crippen LogP contribution in [0.25, 0.3) is 99.2 Å². The molecule has 5 aromatic carbocycles. The molecule has 0 atom stereocenters. The molecule has 0 saturated heterocycles. The van der Waals surface area contributed by atoms with Crippen LogP contribution < -0.4 is 0 Å². The van der Waals surface area contributed by atoms with E-state index < -0.39 is 0 Å². The van der Waals surface area contributed by atoms with Crippen LogP contribution in [0, 0.1) is 0 Å². The highest BCUT2D eigenvalue weighted by molar-refractivity contribution is 6.14. The van der Waals surface area contributed by atoms with Crippen molar-refractivity contribution in [3.05, 3.63) is 152 Å². The molecule has 48 heavy (non-hydrogen) atoms. The summed E-state index contributed by atoms with van der Waals surface area (Å²) in [5.74, 6) is 0. The van der Waals surface area contributed by atoms with Crippen molar-refractivity contribution in [3.8, 4) is 33.8 Å². The van der Waals surface area contributed by atoms with Gasteiger partial charge in [-0.1, -0.05) is 115 Å². The van der Waals surface area contributed by atoms with Gasteiger partial charge in [-0.25, -0.2) is 19.9 Å². The zero-order valence-corrected chi connectivity index (χ0v) is 25.7. The minimum atomic E-state index is 0.854. The molecule has 0 N–H and O–H groups in total. The number of hydrogen-bond acceptors (Lipinski definition) is 5. The van der Waals surface area contributed by atoms with Crippen molar-refractivity contribution in [2.24, 2.45) is 0 Å². The predicted octanol–water partition coefficient (Wildman–Crippen LogP) is 10.6. The first-order valence-electron chi connectivity index (χ1n) is 16.0. The first-order valence-corrected chi connectivity index (χ1v) is 16.0. The Labute approximate surface area is 275 Å². The van der Waals surface area contributed by atoms with Gasteiger partial charge in [0.15, 0.2) is 0 Å². The van der Waals surface area contributed by atoms with Crippen LogP contribution in [0.3, 0.4) is 0 Å². The minimum absolute atomic E-state index is 0.854. The van der Waals surface area contributed by atoms with E-state index in [0.29, 0.717) is 0 Å². The summed E-state index contributed by atoms with van der Waals surface area (Å²) in [6.07, 6.45) is 1.82. The molecule has 5 aromatic heterocycles. The summed E-state index contributed by atoms with van der Waals surface area (Å²) < 4.78 is 0. The zero-order chi connectivity index (χ0) is 31.6. The SMILES string of the molecule is c1ccc(-c2ccc3ccc4ccc(-c5cccc(-c6nc7cc8ccc9cccnc9c8nc7c7ccccc67)c5)nc4c3n2)cc1. The number of aromatic nitrogens is 5. The first kappa shape index (κ1) is 26.6. The molecule has 5 heterocycles. The molecule has 222 valence electrons. The summed E-state index contributed by atoms with van der Waals surface area (Å²) in [5.41, 5.74) is 11.2. The largest absolute Gasteiger partial charge is 0.254 e. The van der Waals surface area contributed by atoms with Crippen LogP contribution in [0.15, 0.2) is 152 Å². The normalized spacial score (nSPS) is 11.8. The second-order valence-electron chi connectivity index (χ2n) is 12.1. The maximum absolute atomic E-state index is 5.25. The van der Waals surface area contributed by atoms with E-state index in [0.717, 1.165) is 99.2 Å². The quantitative estimate of drug-likeness (QED) is 0.147. The topological polar surface area (TPSA) is 64.5 Å². The van der Waals surface area contributed by atoms with Gasteiger partial charge in [-0.05, 0) is 30.3 Å². The van der Waals surface area contributed by atoms with E-state index in [2.05, 4.69) is 126 Å². The third kappa shape index (κ3) is 4.22. The van der Waals surface area contributed by atoms with Gasteiger partial charge in [0.05, 0.1) is 50.2 Å². The van der Waals surface area contributed by atoms with E-state index in [1.165, 1.54) is 0 Å². The van der Waals surface area contributed by atoms with Crippen molar-refractivity contribution in [1.29, 1.82) is 0 Å². The van der Waals surface area contributed by atoms with Crippen molar-refractivity contribution >= 4 is 65.4 Å². The summed E-state index contributed by atoms with van der Waals surface area (Å²) >= 11 is 0. The number of rotatable bonds is 3. The van der Waals surface area contributed by atoms with E-state index in [-0.39, 0.29) is 0 Å². The van der Waals surface area contributed by atoms with Crippen LogP contribution in [0.2, 0.25) is 0 Å². The summed E-state index contributed by atoms with van der Waals surface area (Å²) in [4.78, 5) is 25.4. The third-order valence-corrected chi connectivity index (χ3v) is 9.23. The maximum Gasteiger partial charge on any atom is 0.0974 e. The molecule has 0 spiro atoms. The molecule has 0 aliphatic carbocycles. The molecule has 5 heteroatoms. The Morgan fingerprint density at radius 2 is 0.938 bits per heavy atom. The maximum atomic E-state index is 5.25. The van der Waals surface area contributed by atoms with Crippen LogP contribution >= 0.6 is 0 Å². The lowest BCUT2D eigenvalue weighted by Gasteiger charge is -2.12. The molecule has 0 aliphatic rings. The Kier molecular flexibility index (Phi) is 5.81. The third-order valence-electron chi connectivity index (χ3n) is 9.23. The van der Waals surface area contributed by atoms with E-state index in [9.17, 15) is 0 Å². The summed E-state index contributed by atoms with van der Waals surface area (Å²) in [5, 5.41) is 6.34. The molecule has 0 bridgehead atoms. The average molecular weight is 612 g/mol. The Morgan fingerprint density at radius 3 is 1.73 bits per heavy atom. The number of hydrogen-bond donors (Lipinski definition) is 0. The molecule has 0 fully saturated rings. The van der Waals surface area contributed by atoms with Crippen molar-refractivity contribution in [2.75, 3.05) is 0 Å². The van der Waals surface area contributed by atoms with E-state index in [4.69, 9.17) is 19.9 Å². The van der Waals surface area contributed by atoms with Crippen molar-refractivity contribution < 1.29 is 0 Å². The molecule has 0 saturated carbocycles. The van der Waals surface area contributed by atoms with Gasteiger partial charge in [-0.2, -0.15) is 0 Å². The Morgan fingerprint density at radius 1 is 0.333 bits per heavy atom. The lowest BCUT2D eigenvalue weighted by atomic mass is 9.99. The number of nitrogens with zero attached hydrogens (tertiary/aromatic N) is 5. The van der Waals surface area contributed by atoms with Gasteiger partial charge in [0.25, 0.3) is 0 Å². The lowest BCUT2D eigenvalue weighted by molar-refractivity contribution is 1.36. The molecule has 10 aromatic rings. The molecule has 0 amide bonds. The van der Waals surface area contributed by atoms with Crippen molar-refractivity contribution in [3.63, 3.8) is 0 Å². The molecule has 5 nitrogen and oxygen atoms in total. The van der Waals surface area contributed by atoms with Gasteiger partial charge in [0, 0.05) is 55.2 Å². The van der Waals surface area contributed by atoms with E-state index >= 15 is 0 Å². The number of benzene rings is 5.